The summed E-state index contributed by atoms with van der Waals surface area (Å²) in [6, 6.07) is 47.6. The van der Waals surface area contributed by atoms with E-state index in [0.717, 1.165) is 140 Å². The van der Waals surface area contributed by atoms with Crippen LogP contribution in [-0.4, -0.2) is 177 Å². The normalized spacial score (nSPS) is 34.0. The van der Waals surface area contributed by atoms with Crippen LogP contribution < -0.4 is 5.73 Å². The van der Waals surface area contributed by atoms with Crippen molar-refractivity contribution < 1.29 is 111 Å². The minimum Gasteiger partial charge on any atom is -0.458 e. The van der Waals surface area contributed by atoms with Crippen LogP contribution in [0.15, 0.2) is 221 Å². The van der Waals surface area contributed by atoms with Crippen molar-refractivity contribution in [1.82, 2.24) is 0 Å². The van der Waals surface area contributed by atoms with Gasteiger partial charge in [0.15, 0.2) is 24.4 Å². The lowest BCUT2D eigenvalue weighted by Gasteiger charge is -2.52. The number of hydrogen-bond acceptors (Lipinski definition) is 24. The summed E-state index contributed by atoms with van der Waals surface area (Å²) < 4.78 is 75.5. The molecule has 14 aliphatic rings. The largest absolute Gasteiger partial charge is 0.458 e. The average molecular weight is 1850 g/mol. The third kappa shape index (κ3) is 18.9. The highest BCUT2D eigenvalue weighted by Gasteiger charge is 2.76. The SMILES string of the molecule is CC1=C2[C@@H](CC1)[C@]1(C)O[C@@](C(C)C)(C[C@H]1OC(=O)[C@@H](C)N)[C@H]2OC(=O)/C=C/c1ccccc1.CC1=C2[C@@H](CC1)[C@]1(C)O[C@@](C3CC3)(C[C@H]1OC(=O)CO)[C@H]2OC(=O)/C=C/c1ccccc1.CC1=C2[C@@H](CC1)[C@]1(C)O[C@@](C3CCCCC3)(C[C@H]1OC(=O)CO)[C@H]2OC(=O)/C=C/c1ccccc1.CC1=C2[C@@H](CC1)[C@]1(C)O[C@@](c3ccccc3)(C[C@H]1OC(=O)CO)[C@H]2OC(=O)/C=C/c1ccccc1. The van der Waals surface area contributed by atoms with Crippen molar-refractivity contribution in [1.29, 1.82) is 0 Å². The van der Waals surface area contributed by atoms with E-state index in [1.54, 1.807) is 31.2 Å². The number of carbonyl (C=O) groups is 8. The number of carbonyl (C=O) groups excluding carboxylic acids is 8. The van der Waals surface area contributed by atoms with Crippen molar-refractivity contribution in [2.24, 2.45) is 47.2 Å². The van der Waals surface area contributed by atoms with Crippen LogP contribution in [0.5, 0.6) is 0 Å². The molecule has 24 nitrogen and oxygen atoms in total. The Labute approximate surface area is 791 Å². The maximum atomic E-state index is 13.2. The Morgan fingerprint density at radius 1 is 0.363 bits per heavy atom. The summed E-state index contributed by atoms with van der Waals surface area (Å²) in [7, 11) is 0. The van der Waals surface area contributed by atoms with E-state index in [2.05, 4.69) is 41.5 Å². The number of allylic oxidation sites excluding steroid dienone is 4. The molecule has 21 atom stereocenters. The number of hydrogen-bond donors (Lipinski definition) is 4. The van der Waals surface area contributed by atoms with Gasteiger partial charge in [0, 0.05) is 73.7 Å². The van der Waals surface area contributed by atoms with Crippen molar-refractivity contribution in [3.05, 3.63) is 248 Å². The Morgan fingerprint density at radius 3 is 1.01 bits per heavy atom. The maximum Gasteiger partial charge on any atom is 0.332 e. The van der Waals surface area contributed by atoms with Gasteiger partial charge in [0.1, 0.15) is 95.1 Å². The third-order valence-electron chi connectivity index (χ3n) is 32.0. The Bertz CT molecular complexity index is 5490. The van der Waals surface area contributed by atoms with E-state index in [0.29, 0.717) is 25.7 Å². The monoisotopic (exact) mass is 1850 g/mol. The summed E-state index contributed by atoms with van der Waals surface area (Å²) in [6.45, 7) is 20.3. The predicted octanol–water partition coefficient (Wildman–Crippen LogP) is 16.9. The molecule has 6 aliphatic carbocycles. The van der Waals surface area contributed by atoms with E-state index in [1.165, 1.54) is 53.0 Å². The fourth-order valence-corrected chi connectivity index (χ4v) is 25.2. The second-order valence-electron chi connectivity index (χ2n) is 40.5. The minimum absolute atomic E-state index is 0.00844. The molecule has 135 heavy (non-hydrogen) atoms. The topological polar surface area (TPSA) is 334 Å². The quantitative estimate of drug-likeness (QED) is 0.0193. The van der Waals surface area contributed by atoms with Crippen molar-refractivity contribution in [2.75, 3.05) is 19.8 Å². The summed E-state index contributed by atoms with van der Waals surface area (Å²) in [4.78, 5) is 101. The highest BCUT2D eigenvalue weighted by Crippen LogP contribution is 2.69. The summed E-state index contributed by atoms with van der Waals surface area (Å²) in [5.74, 6) is -3.54. The number of fused-ring (bicyclic) bond motifs is 16. The van der Waals surface area contributed by atoms with Gasteiger partial charge in [-0.3, -0.25) is 4.79 Å². The first-order chi connectivity index (χ1) is 64.7. The van der Waals surface area contributed by atoms with E-state index in [1.807, 2.05) is 179 Å². The van der Waals surface area contributed by atoms with Gasteiger partial charge in [-0.1, -0.05) is 207 Å². The second kappa shape index (κ2) is 39.9. The summed E-state index contributed by atoms with van der Waals surface area (Å²) in [5.41, 5.74) is 13.7. The van der Waals surface area contributed by atoms with Crippen molar-refractivity contribution in [3.8, 4) is 0 Å². The third-order valence-corrected chi connectivity index (χ3v) is 32.0. The highest BCUT2D eigenvalue weighted by molar-refractivity contribution is 5.90. The summed E-state index contributed by atoms with van der Waals surface area (Å²) in [5, 5.41) is 28.0. The molecule has 0 unspecified atom stereocenters. The lowest BCUT2D eigenvalue weighted by molar-refractivity contribution is -0.229. The maximum absolute atomic E-state index is 13.2. The van der Waals surface area contributed by atoms with Gasteiger partial charge in [-0.15, -0.1) is 0 Å². The molecule has 0 amide bonds. The lowest BCUT2D eigenvalue weighted by Crippen LogP contribution is -2.59. The van der Waals surface area contributed by atoms with E-state index in [4.69, 9.17) is 62.6 Å². The number of benzene rings is 5. The molecule has 8 saturated heterocycles. The molecule has 0 aromatic heterocycles. The Hall–Kier alpha value is -10.5. The van der Waals surface area contributed by atoms with Crippen LogP contribution in [0.4, 0.5) is 0 Å². The van der Waals surface area contributed by atoms with Crippen LogP contribution in [0, 0.1) is 41.4 Å². The van der Waals surface area contributed by atoms with Crippen LogP contribution >= 0.6 is 0 Å². The zero-order valence-electron chi connectivity index (χ0n) is 79.4. The number of rotatable bonds is 24. The van der Waals surface area contributed by atoms with E-state index < -0.39 is 161 Å². The number of ether oxygens (including phenoxy) is 12. The van der Waals surface area contributed by atoms with Gasteiger partial charge in [-0.05, 0) is 232 Å². The zero-order valence-corrected chi connectivity index (χ0v) is 79.4. The molecule has 19 rings (SSSR count). The van der Waals surface area contributed by atoms with Crippen molar-refractivity contribution in [3.63, 3.8) is 0 Å². The van der Waals surface area contributed by atoms with Gasteiger partial charge >= 0.3 is 47.8 Å². The molecule has 5 aromatic carbocycles. The molecular formula is C111H131NO23. The van der Waals surface area contributed by atoms with Crippen LogP contribution in [0.3, 0.4) is 0 Å². The fraction of sp³-hybridized carbons (Fsp3) is 0.514. The number of aliphatic hydroxyl groups excluding tert-OH is 3. The first-order valence-corrected chi connectivity index (χ1v) is 48.5. The van der Waals surface area contributed by atoms with Gasteiger partial charge in [-0.25, -0.2) is 33.6 Å². The van der Waals surface area contributed by atoms with Crippen LogP contribution in [0.2, 0.25) is 0 Å². The molecule has 2 saturated carbocycles. The van der Waals surface area contributed by atoms with Gasteiger partial charge in [0.25, 0.3) is 0 Å². The molecule has 5 aromatic rings. The second-order valence-corrected chi connectivity index (χ2v) is 40.5. The minimum atomic E-state index is -1.01. The van der Waals surface area contributed by atoms with Crippen molar-refractivity contribution >= 4 is 72.1 Å². The van der Waals surface area contributed by atoms with Gasteiger partial charge in [0.05, 0.1) is 0 Å². The number of nitrogens with two attached hydrogens (primary N) is 1. The molecular weight excluding hydrogens is 1720 g/mol. The highest BCUT2D eigenvalue weighted by atomic mass is 16.7. The number of esters is 8. The van der Waals surface area contributed by atoms with Crippen LogP contribution in [0.1, 0.15) is 226 Å². The standard InChI is InChI=1S/C29H36O6.C29H30O6.C27H35NO5.C26H30O6/c2*1-19-13-15-22-26(19)27(34-24(31)16-14-20-9-5-3-6-10-20)29(21-11-7-4-8-12-21)17-23(28(22,2)35-29)33-25(32)18-30;1-16(2)27-15-21(31-25(30)18(4)28)26(5,33-27)20-13-11-17(3)23(20)24(27)32-22(29)14-12-19-9-7-6-8-10-19;1-16-8-12-19-23(16)24(31-21(28)13-9-17-6-4-3-5-7-17)26(18-10-11-18)14-20(25(19,2)32-26)30-22(29)15-27/h3,5-6,9-10,14,16,21-23,27,30H,4,7-8,11-13,15,17-18H2,1-2H3;3-12,14,16,22-23,27,30H,13,15,17-18H2,1-2H3;6-10,12,14,16,18,20-21,24H,11,13,15,28H2,1-5H3;3-7,9,13,18-20,24,27H,8,10-12,14-15H2,1-2H3/b2*16-14+;14-12+;13-9+/t2*22-,23-,27+,28+,29-;18-,20-,21-,24+,26+,27-;19-,20-,24+,25+,26-/m1111/s1. The molecule has 8 aliphatic heterocycles. The zero-order chi connectivity index (χ0) is 95.7. The molecule has 24 heteroatoms. The van der Waals surface area contributed by atoms with Gasteiger partial charge < -0.3 is 77.9 Å². The van der Waals surface area contributed by atoms with E-state index in [9.17, 15) is 53.7 Å². The summed E-state index contributed by atoms with van der Waals surface area (Å²) in [6.07, 6.45) is 25.0. The molecule has 718 valence electrons. The van der Waals surface area contributed by atoms with Crippen LogP contribution in [0.25, 0.3) is 24.3 Å². The van der Waals surface area contributed by atoms with Gasteiger partial charge in [0.2, 0.25) is 0 Å². The van der Waals surface area contributed by atoms with Crippen molar-refractivity contribution in [2.45, 2.75) is 298 Å². The van der Waals surface area contributed by atoms with E-state index >= 15 is 0 Å². The molecule has 8 heterocycles. The fourth-order valence-electron chi connectivity index (χ4n) is 25.2. The first-order valence-electron chi connectivity index (χ1n) is 48.5. The molecule has 10 fully saturated rings. The Balaban J connectivity index is 0.000000131. The van der Waals surface area contributed by atoms with E-state index in [-0.39, 0.29) is 47.4 Å². The molecule has 8 bridgehead atoms. The van der Waals surface area contributed by atoms with Crippen LogP contribution in [-0.2, 0) is 101 Å². The average Bonchev–Trinajstić information content (AvgIpc) is 2.00. The predicted molar refractivity (Wildman–Crippen MR) is 504 cm³/mol. The lowest BCUT2D eigenvalue weighted by atomic mass is 9.69. The molecule has 0 spiro atoms. The smallest absolute Gasteiger partial charge is 0.332 e. The molecule has 5 N–H and O–H groups in total. The Kier molecular flexibility index (Phi) is 28.8. The number of aliphatic hydroxyl groups is 3. The first kappa shape index (κ1) is 97.5. The Morgan fingerprint density at radius 2 is 0.667 bits per heavy atom. The van der Waals surface area contributed by atoms with Gasteiger partial charge in [-0.2, -0.15) is 0 Å². The molecule has 0 radical (unpaired) electrons. The summed E-state index contributed by atoms with van der Waals surface area (Å²) >= 11 is 0.